The molecule has 0 aromatic rings. The van der Waals surface area contributed by atoms with Crippen LogP contribution in [0, 0.1) is 28.6 Å². The lowest BCUT2D eigenvalue weighted by atomic mass is 9.49. The minimum atomic E-state index is 0.425. The van der Waals surface area contributed by atoms with Crippen LogP contribution in [0.5, 0.6) is 0 Å². The van der Waals surface area contributed by atoms with E-state index in [1.807, 2.05) is 7.11 Å². The van der Waals surface area contributed by atoms with Crippen LogP contribution in [0.1, 0.15) is 65.2 Å². The Hall–Kier alpha value is -0.720. The van der Waals surface area contributed by atoms with Crippen molar-refractivity contribution in [2.24, 2.45) is 28.6 Å². The van der Waals surface area contributed by atoms with Gasteiger partial charge in [0.15, 0.2) is 0 Å². The van der Waals surface area contributed by atoms with Crippen LogP contribution in [0.3, 0.4) is 0 Å². The van der Waals surface area contributed by atoms with Crippen LogP contribution >= 0.6 is 0 Å². The van der Waals surface area contributed by atoms with Gasteiger partial charge in [0.1, 0.15) is 0 Å². The zero-order chi connectivity index (χ0) is 14.7. The molecule has 1 heteroatoms. The van der Waals surface area contributed by atoms with Gasteiger partial charge in [-0.1, -0.05) is 26.3 Å². The molecule has 0 aliphatic heterocycles. The number of hydrogen-bond donors (Lipinski definition) is 0. The van der Waals surface area contributed by atoms with Crippen LogP contribution in [0.15, 0.2) is 23.5 Å². The normalized spacial score (nSPS) is 48.6. The highest BCUT2D eigenvalue weighted by Crippen LogP contribution is 2.64. The van der Waals surface area contributed by atoms with Gasteiger partial charge in [0.05, 0.1) is 12.9 Å². The Morgan fingerprint density at radius 3 is 2.76 bits per heavy atom. The summed E-state index contributed by atoms with van der Waals surface area (Å²) in [6.07, 6.45) is 16.1. The van der Waals surface area contributed by atoms with Crippen LogP contribution in [0.2, 0.25) is 0 Å². The number of ether oxygens (including phenoxy) is 1. The Kier molecular flexibility index (Phi) is 3.07. The zero-order valence-electron chi connectivity index (χ0n) is 14.0. The SMILES string of the molecule is COC1=CC2=CC[C@@H]3[C@H]4CCC[C@@]4(C)CC[C@H]3[C@@]2(C)CC1. The number of methoxy groups -OCH3 is 1. The average molecular weight is 286 g/mol. The summed E-state index contributed by atoms with van der Waals surface area (Å²) in [7, 11) is 1.82. The fraction of sp³-hybridized carbons (Fsp3) is 0.800. The predicted octanol–water partition coefficient (Wildman–Crippen LogP) is 5.48. The minimum Gasteiger partial charge on any atom is -0.501 e. The molecular formula is C20H30O. The van der Waals surface area contributed by atoms with Crippen LogP contribution in [-0.4, -0.2) is 7.11 Å². The molecule has 0 N–H and O–H groups in total. The molecule has 2 fully saturated rings. The number of fused-ring (bicyclic) bond motifs is 5. The monoisotopic (exact) mass is 286 g/mol. The van der Waals surface area contributed by atoms with E-state index >= 15 is 0 Å². The smallest absolute Gasteiger partial charge is 0.0958 e. The summed E-state index contributed by atoms with van der Waals surface area (Å²) in [6.45, 7) is 5.14. The molecule has 4 aliphatic rings. The highest BCUT2D eigenvalue weighted by atomic mass is 16.5. The maximum Gasteiger partial charge on any atom is 0.0958 e. The predicted molar refractivity (Wildman–Crippen MR) is 86.8 cm³/mol. The molecule has 0 aromatic carbocycles. The second-order valence-corrected chi connectivity index (χ2v) is 8.59. The van der Waals surface area contributed by atoms with Gasteiger partial charge in [0.2, 0.25) is 0 Å². The maximum atomic E-state index is 5.53. The topological polar surface area (TPSA) is 9.23 Å². The molecule has 0 bridgehead atoms. The van der Waals surface area contributed by atoms with Gasteiger partial charge in [-0.25, -0.2) is 0 Å². The first-order valence-corrected chi connectivity index (χ1v) is 9.02. The van der Waals surface area contributed by atoms with Gasteiger partial charge in [0.25, 0.3) is 0 Å². The molecule has 116 valence electrons. The largest absolute Gasteiger partial charge is 0.501 e. The summed E-state index contributed by atoms with van der Waals surface area (Å²) in [6, 6.07) is 0. The quantitative estimate of drug-likeness (QED) is 0.620. The molecule has 0 spiro atoms. The third kappa shape index (κ3) is 1.88. The molecule has 5 atom stereocenters. The molecule has 0 unspecified atom stereocenters. The van der Waals surface area contributed by atoms with E-state index < -0.39 is 0 Å². The first-order valence-electron chi connectivity index (χ1n) is 9.02. The van der Waals surface area contributed by atoms with E-state index in [0.29, 0.717) is 10.8 Å². The Balaban J connectivity index is 1.70. The average Bonchev–Trinajstić information content (AvgIpc) is 2.88. The van der Waals surface area contributed by atoms with Crippen molar-refractivity contribution in [1.29, 1.82) is 0 Å². The standard InChI is InChI=1S/C20H30O/c1-19-10-4-5-17(19)16-7-6-14-13-15(21-3)8-12-20(14,2)18(16)9-11-19/h6,13,16-18H,4-5,7-12H2,1-3H3/t16-,17-,18-,19+,20+/m1/s1. The van der Waals surface area contributed by atoms with E-state index in [-0.39, 0.29) is 0 Å². The van der Waals surface area contributed by atoms with Gasteiger partial charge >= 0.3 is 0 Å². The van der Waals surface area contributed by atoms with Crippen molar-refractivity contribution in [2.45, 2.75) is 65.2 Å². The molecule has 1 nitrogen and oxygen atoms in total. The van der Waals surface area contributed by atoms with Gasteiger partial charge in [-0.3, -0.25) is 0 Å². The summed E-state index contributed by atoms with van der Waals surface area (Å²) in [5.74, 6) is 4.07. The summed E-state index contributed by atoms with van der Waals surface area (Å²) < 4.78 is 5.53. The Bertz CT molecular complexity index is 502. The second-order valence-electron chi connectivity index (χ2n) is 8.59. The van der Waals surface area contributed by atoms with E-state index in [4.69, 9.17) is 4.74 Å². The maximum absolute atomic E-state index is 5.53. The van der Waals surface area contributed by atoms with E-state index in [1.165, 1.54) is 50.7 Å². The summed E-state index contributed by atoms with van der Waals surface area (Å²) >= 11 is 0. The van der Waals surface area contributed by atoms with E-state index in [2.05, 4.69) is 26.0 Å². The summed E-state index contributed by atoms with van der Waals surface area (Å²) in [5.41, 5.74) is 2.69. The highest BCUT2D eigenvalue weighted by molar-refractivity contribution is 5.35. The van der Waals surface area contributed by atoms with Crippen molar-refractivity contribution in [1.82, 2.24) is 0 Å². The van der Waals surface area contributed by atoms with Crippen molar-refractivity contribution in [3.05, 3.63) is 23.5 Å². The van der Waals surface area contributed by atoms with Gasteiger partial charge < -0.3 is 4.74 Å². The fourth-order valence-electron chi connectivity index (χ4n) is 6.45. The summed E-state index contributed by atoms with van der Waals surface area (Å²) in [5, 5.41) is 0. The van der Waals surface area contributed by atoms with Gasteiger partial charge in [0, 0.05) is 6.42 Å². The molecule has 4 aliphatic carbocycles. The van der Waals surface area contributed by atoms with E-state index in [9.17, 15) is 0 Å². The Morgan fingerprint density at radius 2 is 1.95 bits per heavy atom. The molecule has 0 radical (unpaired) electrons. The van der Waals surface area contributed by atoms with Crippen molar-refractivity contribution < 1.29 is 4.74 Å². The van der Waals surface area contributed by atoms with Crippen molar-refractivity contribution in [3.63, 3.8) is 0 Å². The zero-order valence-corrected chi connectivity index (χ0v) is 14.0. The van der Waals surface area contributed by atoms with Gasteiger partial charge in [-0.05, 0) is 78.8 Å². The van der Waals surface area contributed by atoms with Gasteiger partial charge in [-0.15, -0.1) is 0 Å². The lowest BCUT2D eigenvalue weighted by Gasteiger charge is -2.56. The molecular weight excluding hydrogens is 256 g/mol. The lowest BCUT2D eigenvalue weighted by molar-refractivity contribution is -0.0201. The molecule has 0 amide bonds. The van der Waals surface area contributed by atoms with Crippen molar-refractivity contribution in [2.75, 3.05) is 7.11 Å². The van der Waals surface area contributed by atoms with E-state index in [0.717, 1.165) is 24.2 Å². The third-order valence-electron chi connectivity index (χ3n) is 7.78. The molecule has 0 aromatic heterocycles. The van der Waals surface area contributed by atoms with Crippen LogP contribution < -0.4 is 0 Å². The first kappa shape index (κ1) is 13.9. The highest BCUT2D eigenvalue weighted by Gasteiger charge is 2.55. The Morgan fingerprint density at radius 1 is 1.10 bits per heavy atom. The van der Waals surface area contributed by atoms with Crippen molar-refractivity contribution >= 4 is 0 Å². The van der Waals surface area contributed by atoms with Crippen molar-refractivity contribution in [3.8, 4) is 0 Å². The second kappa shape index (κ2) is 4.64. The molecule has 21 heavy (non-hydrogen) atoms. The third-order valence-corrected chi connectivity index (χ3v) is 7.78. The fourth-order valence-corrected chi connectivity index (χ4v) is 6.45. The Labute approximate surface area is 129 Å². The first-order chi connectivity index (χ1) is 10.1. The van der Waals surface area contributed by atoms with Crippen LogP contribution in [0.4, 0.5) is 0 Å². The lowest BCUT2D eigenvalue weighted by Crippen LogP contribution is -2.47. The molecule has 4 rings (SSSR count). The number of rotatable bonds is 1. The molecule has 0 saturated heterocycles. The summed E-state index contributed by atoms with van der Waals surface area (Å²) in [4.78, 5) is 0. The minimum absolute atomic E-state index is 0.425. The number of allylic oxidation sites excluding steroid dienone is 4. The molecule has 2 saturated carbocycles. The number of hydrogen-bond acceptors (Lipinski definition) is 1. The van der Waals surface area contributed by atoms with E-state index in [1.54, 1.807) is 5.57 Å². The van der Waals surface area contributed by atoms with Crippen LogP contribution in [0.25, 0.3) is 0 Å². The molecule has 0 heterocycles. The van der Waals surface area contributed by atoms with Gasteiger partial charge in [-0.2, -0.15) is 0 Å². The van der Waals surface area contributed by atoms with Crippen LogP contribution in [-0.2, 0) is 4.74 Å².